The predicted octanol–water partition coefficient (Wildman–Crippen LogP) is 0.794. The standard InChI is InChI=1S/C12H21NO2/c1-9-3-10(13-2)6-11(14,4-9)8-12(15,5-9)7-10/h13-15H,3-8H2,1-2H3. The van der Waals surface area contributed by atoms with Gasteiger partial charge in [-0.1, -0.05) is 6.92 Å². The molecule has 0 aromatic heterocycles. The summed E-state index contributed by atoms with van der Waals surface area (Å²) < 4.78 is 0. The molecule has 4 bridgehead atoms. The van der Waals surface area contributed by atoms with E-state index in [1.807, 2.05) is 7.05 Å². The second-order valence-corrected chi connectivity index (χ2v) is 6.85. The Labute approximate surface area is 90.9 Å². The van der Waals surface area contributed by atoms with Gasteiger partial charge in [0.2, 0.25) is 0 Å². The molecule has 0 radical (unpaired) electrons. The third-order valence-corrected chi connectivity index (χ3v) is 4.80. The first-order chi connectivity index (χ1) is 6.80. The highest BCUT2D eigenvalue weighted by Crippen LogP contribution is 2.64. The fraction of sp³-hybridized carbons (Fsp3) is 1.00. The average molecular weight is 211 g/mol. The summed E-state index contributed by atoms with van der Waals surface area (Å²) in [5.74, 6) is 0. The first-order valence-corrected chi connectivity index (χ1v) is 5.94. The Morgan fingerprint density at radius 2 is 1.40 bits per heavy atom. The van der Waals surface area contributed by atoms with Gasteiger partial charge in [-0.05, 0) is 44.6 Å². The minimum absolute atomic E-state index is 0.0208. The highest BCUT2D eigenvalue weighted by Gasteiger charge is 2.66. The Kier molecular flexibility index (Phi) is 1.62. The van der Waals surface area contributed by atoms with E-state index >= 15 is 0 Å². The molecule has 0 aromatic carbocycles. The van der Waals surface area contributed by atoms with E-state index < -0.39 is 11.2 Å². The van der Waals surface area contributed by atoms with Crippen molar-refractivity contribution in [1.82, 2.24) is 5.32 Å². The quantitative estimate of drug-likeness (QED) is 0.601. The summed E-state index contributed by atoms with van der Waals surface area (Å²) in [6.45, 7) is 2.21. The smallest absolute Gasteiger partial charge is 0.0698 e. The van der Waals surface area contributed by atoms with E-state index in [-0.39, 0.29) is 11.0 Å². The van der Waals surface area contributed by atoms with Crippen LogP contribution in [0.4, 0.5) is 0 Å². The van der Waals surface area contributed by atoms with Crippen molar-refractivity contribution in [2.24, 2.45) is 5.41 Å². The predicted molar refractivity (Wildman–Crippen MR) is 57.5 cm³/mol. The molecule has 3 N–H and O–H groups in total. The Hall–Kier alpha value is -0.120. The van der Waals surface area contributed by atoms with E-state index in [4.69, 9.17) is 0 Å². The Morgan fingerprint density at radius 3 is 1.80 bits per heavy atom. The fourth-order valence-electron chi connectivity index (χ4n) is 5.29. The zero-order chi connectivity index (χ0) is 10.9. The average Bonchev–Trinajstić information content (AvgIpc) is 1.94. The van der Waals surface area contributed by atoms with Crippen LogP contribution in [0.25, 0.3) is 0 Å². The van der Waals surface area contributed by atoms with E-state index in [9.17, 15) is 10.2 Å². The lowest BCUT2D eigenvalue weighted by Crippen LogP contribution is -2.72. The number of aliphatic hydroxyl groups is 2. The molecule has 0 aliphatic heterocycles. The molecular weight excluding hydrogens is 190 g/mol. The number of rotatable bonds is 1. The van der Waals surface area contributed by atoms with Crippen LogP contribution in [0.1, 0.15) is 45.4 Å². The van der Waals surface area contributed by atoms with Crippen LogP contribution in [0.15, 0.2) is 0 Å². The van der Waals surface area contributed by atoms with E-state index in [0.29, 0.717) is 6.42 Å². The van der Waals surface area contributed by atoms with Gasteiger partial charge >= 0.3 is 0 Å². The first-order valence-electron chi connectivity index (χ1n) is 5.94. The molecule has 15 heavy (non-hydrogen) atoms. The molecule has 4 rings (SSSR count). The van der Waals surface area contributed by atoms with Crippen LogP contribution in [-0.4, -0.2) is 34.0 Å². The van der Waals surface area contributed by atoms with Crippen LogP contribution in [0, 0.1) is 5.41 Å². The molecule has 0 saturated heterocycles. The fourth-order valence-corrected chi connectivity index (χ4v) is 5.29. The molecule has 2 atom stereocenters. The monoisotopic (exact) mass is 211 g/mol. The van der Waals surface area contributed by atoms with Crippen molar-refractivity contribution in [2.75, 3.05) is 7.05 Å². The van der Waals surface area contributed by atoms with E-state index in [2.05, 4.69) is 12.2 Å². The summed E-state index contributed by atoms with van der Waals surface area (Å²) >= 11 is 0. The van der Waals surface area contributed by atoms with Crippen molar-refractivity contribution >= 4 is 0 Å². The van der Waals surface area contributed by atoms with Crippen molar-refractivity contribution in [1.29, 1.82) is 0 Å². The SMILES string of the molecule is CNC12CC3(C)CC(O)(CC(O)(C3)C1)C2. The van der Waals surface area contributed by atoms with Gasteiger partial charge in [-0.3, -0.25) is 0 Å². The third-order valence-electron chi connectivity index (χ3n) is 4.80. The van der Waals surface area contributed by atoms with Gasteiger partial charge in [0.05, 0.1) is 11.2 Å². The molecule has 0 amide bonds. The van der Waals surface area contributed by atoms with Gasteiger partial charge in [0.25, 0.3) is 0 Å². The largest absolute Gasteiger partial charge is 0.390 e. The van der Waals surface area contributed by atoms with E-state index in [1.54, 1.807) is 0 Å². The van der Waals surface area contributed by atoms with Gasteiger partial charge in [-0.25, -0.2) is 0 Å². The van der Waals surface area contributed by atoms with Gasteiger partial charge in [0.15, 0.2) is 0 Å². The third kappa shape index (κ3) is 1.30. The maximum absolute atomic E-state index is 10.5. The van der Waals surface area contributed by atoms with Crippen molar-refractivity contribution in [3.05, 3.63) is 0 Å². The van der Waals surface area contributed by atoms with Crippen LogP contribution >= 0.6 is 0 Å². The Balaban J connectivity index is 2.06. The van der Waals surface area contributed by atoms with Crippen LogP contribution in [-0.2, 0) is 0 Å². The number of nitrogens with one attached hydrogen (secondary N) is 1. The topological polar surface area (TPSA) is 52.5 Å². The van der Waals surface area contributed by atoms with Crippen LogP contribution < -0.4 is 5.32 Å². The van der Waals surface area contributed by atoms with Crippen LogP contribution in [0.3, 0.4) is 0 Å². The van der Waals surface area contributed by atoms with Crippen molar-refractivity contribution in [3.8, 4) is 0 Å². The molecule has 0 heterocycles. The molecule has 0 aromatic rings. The summed E-state index contributed by atoms with van der Waals surface area (Å²) in [5.41, 5.74) is -1.14. The van der Waals surface area contributed by atoms with Crippen molar-refractivity contribution < 1.29 is 10.2 Å². The highest BCUT2D eigenvalue weighted by atomic mass is 16.3. The minimum Gasteiger partial charge on any atom is -0.390 e. The van der Waals surface area contributed by atoms with Gasteiger partial charge in [-0.2, -0.15) is 0 Å². The van der Waals surface area contributed by atoms with Crippen molar-refractivity contribution in [2.45, 2.75) is 62.2 Å². The maximum Gasteiger partial charge on any atom is 0.0698 e. The summed E-state index contributed by atoms with van der Waals surface area (Å²) in [7, 11) is 1.96. The normalized spacial score (nSPS) is 62.4. The zero-order valence-electron chi connectivity index (χ0n) is 9.64. The highest BCUT2D eigenvalue weighted by molar-refractivity contribution is 5.20. The number of hydrogen-bond donors (Lipinski definition) is 3. The first kappa shape index (κ1) is 10.1. The molecule has 4 aliphatic carbocycles. The molecule has 2 unspecified atom stereocenters. The lowest BCUT2D eigenvalue weighted by molar-refractivity contribution is -0.236. The maximum atomic E-state index is 10.5. The summed E-state index contributed by atoms with van der Waals surface area (Å²) in [4.78, 5) is 0. The lowest BCUT2D eigenvalue weighted by Gasteiger charge is -2.67. The summed E-state index contributed by atoms with van der Waals surface area (Å²) in [5, 5.41) is 24.4. The molecule has 4 saturated carbocycles. The van der Waals surface area contributed by atoms with E-state index in [0.717, 1.165) is 32.1 Å². The van der Waals surface area contributed by atoms with Gasteiger partial charge in [0.1, 0.15) is 0 Å². The summed E-state index contributed by atoms with van der Waals surface area (Å²) in [6, 6.07) is 0. The van der Waals surface area contributed by atoms with Gasteiger partial charge in [0, 0.05) is 12.0 Å². The van der Waals surface area contributed by atoms with Crippen LogP contribution in [0.5, 0.6) is 0 Å². The van der Waals surface area contributed by atoms with Gasteiger partial charge < -0.3 is 15.5 Å². The molecule has 86 valence electrons. The number of hydrogen-bond acceptors (Lipinski definition) is 3. The van der Waals surface area contributed by atoms with E-state index in [1.165, 1.54) is 0 Å². The lowest BCUT2D eigenvalue weighted by atomic mass is 9.44. The summed E-state index contributed by atoms with van der Waals surface area (Å²) in [6.07, 6.45) is 5.04. The molecule has 0 spiro atoms. The molecular formula is C12H21NO2. The zero-order valence-corrected chi connectivity index (χ0v) is 9.64. The second-order valence-electron chi connectivity index (χ2n) is 6.85. The Bertz CT molecular complexity index is 261. The molecule has 3 nitrogen and oxygen atoms in total. The minimum atomic E-state index is -0.624. The molecule has 3 heteroatoms. The van der Waals surface area contributed by atoms with Gasteiger partial charge in [-0.15, -0.1) is 0 Å². The van der Waals surface area contributed by atoms with Crippen molar-refractivity contribution in [3.63, 3.8) is 0 Å². The van der Waals surface area contributed by atoms with Crippen LogP contribution in [0.2, 0.25) is 0 Å². The second kappa shape index (κ2) is 2.41. The molecule has 4 fully saturated rings. The Morgan fingerprint density at radius 1 is 0.867 bits per heavy atom. The molecule has 4 aliphatic rings.